The third-order valence-electron chi connectivity index (χ3n) is 5.86. The fourth-order valence-electron chi connectivity index (χ4n) is 4.37. The Kier molecular flexibility index (Phi) is 5.35. The number of benzene rings is 1. The van der Waals surface area contributed by atoms with Crippen LogP contribution in [0.1, 0.15) is 68.9 Å². The molecule has 1 aromatic rings. The second kappa shape index (κ2) is 7.45. The van der Waals surface area contributed by atoms with Crippen molar-refractivity contribution in [3.8, 4) is 0 Å². The van der Waals surface area contributed by atoms with Gasteiger partial charge in [-0.2, -0.15) is 0 Å². The van der Waals surface area contributed by atoms with Gasteiger partial charge in [-0.25, -0.2) is 0 Å². The highest BCUT2D eigenvalue weighted by Crippen LogP contribution is 2.32. The molecule has 0 spiro atoms. The zero-order valence-corrected chi connectivity index (χ0v) is 13.6. The van der Waals surface area contributed by atoms with Crippen LogP contribution in [0.5, 0.6) is 0 Å². The van der Waals surface area contributed by atoms with E-state index in [1.54, 1.807) is 11.1 Å². The summed E-state index contributed by atoms with van der Waals surface area (Å²) in [7, 11) is 0. The lowest BCUT2D eigenvalue weighted by atomic mass is 9.80. The fraction of sp³-hybridized carbons (Fsp3) is 0.700. The minimum absolute atomic E-state index is 0.752. The molecule has 0 radical (unpaired) electrons. The second-order valence-electron chi connectivity index (χ2n) is 7.24. The first-order valence-electron chi connectivity index (χ1n) is 9.15. The molecule has 3 rings (SSSR count). The van der Waals surface area contributed by atoms with Crippen molar-refractivity contribution in [1.29, 1.82) is 0 Å². The molecule has 21 heavy (non-hydrogen) atoms. The van der Waals surface area contributed by atoms with E-state index in [1.807, 2.05) is 0 Å². The summed E-state index contributed by atoms with van der Waals surface area (Å²) in [5, 5.41) is 3.80. The summed E-state index contributed by atoms with van der Waals surface area (Å²) in [6.45, 7) is 4.78. The van der Waals surface area contributed by atoms with E-state index in [0.717, 1.165) is 17.8 Å². The monoisotopic (exact) mass is 285 g/mol. The molecule has 1 saturated carbocycles. The molecular formula is C20H31N. The molecule has 1 atom stereocenters. The topological polar surface area (TPSA) is 12.0 Å². The van der Waals surface area contributed by atoms with Gasteiger partial charge in [0.15, 0.2) is 0 Å². The molecule has 2 aliphatic carbocycles. The molecule has 0 aliphatic heterocycles. The van der Waals surface area contributed by atoms with Crippen LogP contribution in [-0.2, 0) is 6.42 Å². The first-order valence-corrected chi connectivity index (χ1v) is 9.15. The molecular weight excluding hydrogens is 254 g/mol. The van der Waals surface area contributed by atoms with Gasteiger partial charge >= 0.3 is 0 Å². The first-order chi connectivity index (χ1) is 10.4. The lowest BCUT2D eigenvalue weighted by Crippen LogP contribution is -2.30. The van der Waals surface area contributed by atoms with Gasteiger partial charge in [-0.15, -0.1) is 0 Å². The quantitative estimate of drug-likeness (QED) is 0.810. The Bertz CT molecular complexity index is 431. The van der Waals surface area contributed by atoms with Gasteiger partial charge in [0.25, 0.3) is 0 Å². The minimum Gasteiger partial charge on any atom is -0.316 e. The molecule has 0 amide bonds. The van der Waals surface area contributed by atoms with Crippen molar-refractivity contribution in [3.63, 3.8) is 0 Å². The summed E-state index contributed by atoms with van der Waals surface area (Å²) in [6, 6.07) is 9.09. The SMILES string of the molecule is CCC1CCC(CNCC2CCCc3ccccc32)CC1. The Morgan fingerprint density at radius 1 is 0.952 bits per heavy atom. The number of fused-ring (bicyclic) bond motifs is 1. The highest BCUT2D eigenvalue weighted by atomic mass is 14.9. The van der Waals surface area contributed by atoms with E-state index in [9.17, 15) is 0 Å². The van der Waals surface area contributed by atoms with Crippen LogP contribution in [0.15, 0.2) is 24.3 Å². The third kappa shape index (κ3) is 3.88. The smallest absolute Gasteiger partial charge is 0.00203 e. The average Bonchev–Trinajstić information content (AvgIpc) is 2.56. The Labute approximate surface area is 130 Å². The van der Waals surface area contributed by atoms with E-state index in [-0.39, 0.29) is 0 Å². The van der Waals surface area contributed by atoms with Crippen molar-refractivity contribution in [2.24, 2.45) is 11.8 Å². The van der Waals surface area contributed by atoms with Gasteiger partial charge in [0.05, 0.1) is 0 Å². The lowest BCUT2D eigenvalue weighted by molar-refractivity contribution is 0.261. The minimum atomic E-state index is 0.752. The number of hydrogen-bond acceptors (Lipinski definition) is 1. The van der Waals surface area contributed by atoms with Crippen molar-refractivity contribution >= 4 is 0 Å². The van der Waals surface area contributed by atoms with Crippen LogP contribution in [0.3, 0.4) is 0 Å². The maximum absolute atomic E-state index is 3.80. The average molecular weight is 285 g/mol. The van der Waals surface area contributed by atoms with Crippen molar-refractivity contribution in [1.82, 2.24) is 5.32 Å². The Morgan fingerprint density at radius 2 is 1.71 bits per heavy atom. The van der Waals surface area contributed by atoms with Gasteiger partial charge in [0.2, 0.25) is 0 Å². The van der Waals surface area contributed by atoms with Gasteiger partial charge in [-0.1, -0.05) is 50.5 Å². The second-order valence-corrected chi connectivity index (χ2v) is 7.24. The zero-order chi connectivity index (χ0) is 14.5. The van der Waals surface area contributed by atoms with E-state index in [2.05, 4.69) is 36.5 Å². The van der Waals surface area contributed by atoms with E-state index in [4.69, 9.17) is 0 Å². The van der Waals surface area contributed by atoms with E-state index in [0.29, 0.717) is 0 Å². The van der Waals surface area contributed by atoms with Crippen molar-refractivity contribution in [2.75, 3.05) is 13.1 Å². The van der Waals surface area contributed by atoms with Gasteiger partial charge < -0.3 is 5.32 Å². The number of rotatable bonds is 5. The molecule has 0 bridgehead atoms. The zero-order valence-electron chi connectivity index (χ0n) is 13.6. The molecule has 0 aromatic heterocycles. The van der Waals surface area contributed by atoms with Gasteiger partial charge in [0.1, 0.15) is 0 Å². The van der Waals surface area contributed by atoms with Crippen LogP contribution in [0.4, 0.5) is 0 Å². The number of aryl methyl sites for hydroxylation is 1. The van der Waals surface area contributed by atoms with Gasteiger partial charge in [-0.05, 0) is 67.5 Å². The van der Waals surface area contributed by atoms with Crippen molar-refractivity contribution < 1.29 is 0 Å². The Morgan fingerprint density at radius 3 is 2.52 bits per heavy atom. The lowest BCUT2D eigenvalue weighted by Gasteiger charge is -2.30. The predicted molar refractivity (Wildman–Crippen MR) is 90.7 cm³/mol. The van der Waals surface area contributed by atoms with Gasteiger partial charge in [-0.3, -0.25) is 0 Å². The highest BCUT2D eigenvalue weighted by molar-refractivity contribution is 5.32. The molecule has 1 aromatic carbocycles. The Hall–Kier alpha value is -0.820. The summed E-state index contributed by atoms with van der Waals surface area (Å²) in [5.74, 6) is 2.71. The van der Waals surface area contributed by atoms with Crippen molar-refractivity contribution in [2.45, 2.75) is 64.2 Å². The van der Waals surface area contributed by atoms with Crippen LogP contribution in [0.25, 0.3) is 0 Å². The van der Waals surface area contributed by atoms with Crippen LogP contribution < -0.4 is 5.32 Å². The maximum Gasteiger partial charge on any atom is 0.00203 e. The summed E-state index contributed by atoms with van der Waals surface area (Å²) < 4.78 is 0. The van der Waals surface area contributed by atoms with Crippen molar-refractivity contribution in [3.05, 3.63) is 35.4 Å². The maximum atomic E-state index is 3.80. The summed E-state index contributed by atoms with van der Waals surface area (Å²) in [6.07, 6.45) is 11.2. The summed E-state index contributed by atoms with van der Waals surface area (Å²) in [5.41, 5.74) is 3.21. The molecule has 0 heterocycles. The highest BCUT2D eigenvalue weighted by Gasteiger charge is 2.22. The number of hydrogen-bond donors (Lipinski definition) is 1. The molecule has 1 fully saturated rings. The molecule has 1 unspecified atom stereocenters. The molecule has 0 saturated heterocycles. The number of nitrogens with one attached hydrogen (secondary N) is 1. The van der Waals surface area contributed by atoms with Crippen LogP contribution in [0.2, 0.25) is 0 Å². The molecule has 2 aliphatic rings. The van der Waals surface area contributed by atoms with Crippen LogP contribution >= 0.6 is 0 Å². The molecule has 1 N–H and O–H groups in total. The van der Waals surface area contributed by atoms with E-state index >= 15 is 0 Å². The predicted octanol–water partition coefficient (Wildman–Crippen LogP) is 4.91. The summed E-state index contributed by atoms with van der Waals surface area (Å²) >= 11 is 0. The molecule has 116 valence electrons. The molecule has 1 heteroatoms. The van der Waals surface area contributed by atoms with Crippen LogP contribution in [0, 0.1) is 11.8 Å². The summed E-state index contributed by atoms with van der Waals surface area (Å²) in [4.78, 5) is 0. The Balaban J connectivity index is 1.44. The largest absolute Gasteiger partial charge is 0.316 e. The standard InChI is InChI=1S/C20H31N/c1-2-16-10-12-17(13-11-16)14-21-15-19-8-5-7-18-6-3-4-9-20(18)19/h3-4,6,9,16-17,19,21H,2,5,7-8,10-15H2,1H3. The van der Waals surface area contributed by atoms with Crippen LogP contribution in [-0.4, -0.2) is 13.1 Å². The van der Waals surface area contributed by atoms with E-state index < -0.39 is 0 Å². The van der Waals surface area contributed by atoms with E-state index in [1.165, 1.54) is 64.5 Å². The molecule has 1 nitrogen and oxygen atoms in total. The van der Waals surface area contributed by atoms with Gasteiger partial charge in [0, 0.05) is 6.54 Å². The first kappa shape index (κ1) is 15.1. The fourth-order valence-corrected chi connectivity index (χ4v) is 4.37. The normalized spacial score (nSPS) is 29.1. The third-order valence-corrected chi connectivity index (χ3v) is 5.86.